The summed E-state index contributed by atoms with van der Waals surface area (Å²) in [5.41, 5.74) is 9.73. The van der Waals surface area contributed by atoms with Gasteiger partial charge in [0.2, 0.25) is 5.91 Å². The minimum absolute atomic E-state index is 0.00199. The highest BCUT2D eigenvalue weighted by Gasteiger charge is 2.42. The van der Waals surface area contributed by atoms with Crippen LogP contribution in [0.15, 0.2) is 23.3 Å². The lowest BCUT2D eigenvalue weighted by molar-refractivity contribution is -0.121. The maximum Gasteiger partial charge on any atom is 0.236 e. The summed E-state index contributed by atoms with van der Waals surface area (Å²) in [7, 11) is 1.69. The van der Waals surface area contributed by atoms with Gasteiger partial charge in [-0.3, -0.25) is 9.59 Å². The van der Waals surface area contributed by atoms with Gasteiger partial charge in [-0.25, -0.2) is 0 Å². The monoisotopic (exact) mass is 258 g/mol. The van der Waals surface area contributed by atoms with Gasteiger partial charge in [0.15, 0.2) is 5.78 Å². The van der Waals surface area contributed by atoms with Crippen LogP contribution in [-0.4, -0.2) is 25.3 Å². The number of rotatable bonds is 3. The van der Waals surface area contributed by atoms with Gasteiger partial charge in [0.25, 0.3) is 0 Å². The number of nitrogens with zero attached hydrogens (tertiary/aromatic N) is 4. The van der Waals surface area contributed by atoms with Crippen LogP contribution in [-0.2, 0) is 10.2 Å². The number of likely N-dealkylation sites (N-methyl/N-ethyl adjacent to an activating group) is 1. The van der Waals surface area contributed by atoms with E-state index in [0.29, 0.717) is 5.56 Å². The number of fused-ring (bicyclic) bond motifs is 1. The van der Waals surface area contributed by atoms with Gasteiger partial charge in [0.1, 0.15) is 0 Å². The molecule has 1 heterocycles. The first-order valence-electron chi connectivity index (χ1n) is 5.86. The van der Waals surface area contributed by atoms with Gasteiger partial charge in [-0.2, -0.15) is 0 Å². The fourth-order valence-corrected chi connectivity index (χ4v) is 2.34. The van der Waals surface area contributed by atoms with Crippen molar-refractivity contribution in [3.63, 3.8) is 0 Å². The fourth-order valence-electron chi connectivity index (χ4n) is 2.34. The number of carbonyl (C=O) groups excluding carboxylic acids is 2. The van der Waals surface area contributed by atoms with Crippen LogP contribution in [0.2, 0.25) is 0 Å². The van der Waals surface area contributed by atoms with Crippen molar-refractivity contribution in [3.8, 4) is 0 Å². The summed E-state index contributed by atoms with van der Waals surface area (Å²) in [5.74, 6) is -0.256. The lowest BCUT2D eigenvalue weighted by Crippen LogP contribution is -2.33. The lowest BCUT2D eigenvalue weighted by Gasteiger charge is -2.16. The molecule has 1 amide bonds. The fraction of sp³-hybridized carbons (Fsp3) is 0.385. The third kappa shape index (κ3) is 1.96. The molecule has 19 heavy (non-hydrogen) atoms. The second-order valence-electron chi connectivity index (χ2n) is 5.03. The average molecular weight is 258 g/mol. The van der Waals surface area contributed by atoms with E-state index in [1.54, 1.807) is 30.1 Å². The van der Waals surface area contributed by atoms with E-state index in [9.17, 15) is 9.59 Å². The Labute approximate surface area is 110 Å². The summed E-state index contributed by atoms with van der Waals surface area (Å²) < 4.78 is 0. The predicted octanol–water partition coefficient (Wildman–Crippen LogP) is 2.43. The normalized spacial score (nSPS) is 15.9. The Morgan fingerprint density at radius 1 is 1.47 bits per heavy atom. The van der Waals surface area contributed by atoms with Crippen LogP contribution in [0.5, 0.6) is 0 Å². The zero-order chi connectivity index (χ0) is 14.2. The minimum Gasteiger partial charge on any atom is -0.314 e. The molecule has 0 aromatic heterocycles. The number of hydrogen-bond donors (Lipinski definition) is 0. The van der Waals surface area contributed by atoms with Crippen molar-refractivity contribution in [1.29, 1.82) is 0 Å². The van der Waals surface area contributed by atoms with Gasteiger partial charge in [0, 0.05) is 23.2 Å². The highest BCUT2D eigenvalue weighted by Crippen LogP contribution is 2.41. The molecule has 0 bridgehead atoms. The van der Waals surface area contributed by atoms with E-state index in [4.69, 9.17) is 5.53 Å². The molecule has 1 aliphatic rings. The zero-order valence-corrected chi connectivity index (χ0v) is 11.0. The summed E-state index contributed by atoms with van der Waals surface area (Å²) in [6, 6.07) is 5.14. The molecule has 0 aliphatic carbocycles. The van der Waals surface area contributed by atoms with E-state index in [1.807, 2.05) is 13.8 Å². The smallest absolute Gasteiger partial charge is 0.236 e. The predicted molar refractivity (Wildman–Crippen MR) is 71.2 cm³/mol. The Balaban J connectivity index is 2.44. The molecule has 98 valence electrons. The van der Waals surface area contributed by atoms with Gasteiger partial charge in [-0.05, 0) is 31.0 Å². The standard InChI is InChI=1S/C13H14N4O2/c1-13(2)9-5-4-8(11(18)7-15-16-14)6-10(9)17(3)12(13)19/h4-6H,7H2,1-3H3. The maximum atomic E-state index is 12.1. The van der Waals surface area contributed by atoms with Crippen LogP contribution < -0.4 is 4.90 Å². The highest BCUT2D eigenvalue weighted by molar-refractivity contribution is 6.09. The molecular formula is C13H14N4O2. The Hall–Kier alpha value is -2.33. The first kappa shape index (κ1) is 13.1. The lowest BCUT2D eigenvalue weighted by atomic mass is 9.85. The van der Waals surface area contributed by atoms with Crippen molar-refractivity contribution in [1.82, 2.24) is 0 Å². The zero-order valence-electron chi connectivity index (χ0n) is 11.0. The van der Waals surface area contributed by atoms with E-state index in [2.05, 4.69) is 10.0 Å². The van der Waals surface area contributed by atoms with E-state index in [-0.39, 0.29) is 18.2 Å². The Morgan fingerprint density at radius 2 is 2.16 bits per heavy atom. The molecule has 0 fully saturated rings. The molecule has 0 radical (unpaired) electrons. The third-order valence-corrected chi connectivity index (χ3v) is 3.47. The molecular weight excluding hydrogens is 244 g/mol. The molecule has 0 saturated carbocycles. The second kappa shape index (κ2) is 4.40. The Morgan fingerprint density at radius 3 is 2.79 bits per heavy atom. The first-order valence-corrected chi connectivity index (χ1v) is 5.86. The summed E-state index contributed by atoms with van der Waals surface area (Å²) in [5, 5.41) is 3.25. The Kier molecular flexibility index (Phi) is 3.04. The molecule has 2 rings (SSSR count). The van der Waals surface area contributed by atoms with Gasteiger partial charge in [-0.1, -0.05) is 17.2 Å². The molecule has 6 heteroatoms. The van der Waals surface area contributed by atoms with Gasteiger partial charge < -0.3 is 4.90 Å². The SMILES string of the molecule is CN1C(=O)C(C)(C)c2ccc(C(=O)CN=[N+]=[N-])cc21. The first-order chi connectivity index (χ1) is 8.89. The molecule has 1 aromatic carbocycles. The van der Waals surface area contributed by atoms with Crippen molar-refractivity contribution < 1.29 is 9.59 Å². The summed E-state index contributed by atoms with van der Waals surface area (Å²) in [6.07, 6.45) is 0. The summed E-state index contributed by atoms with van der Waals surface area (Å²) in [4.78, 5) is 28.0. The summed E-state index contributed by atoms with van der Waals surface area (Å²) >= 11 is 0. The average Bonchev–Trinajstić information content (AvgIpc) is 2.57. The van der Waals surface area contributed by atoms with Crippen LogP contribution in [0.4, 0.5) is 5.69 Å². The number of carbonyl (C=O) groups is 2. The number of Topliss-reactive ketones (excluding diaryl/α,β-unsaturated/α-hetero) is 1. The molecule has 0 saturated heterocycles. The van der Waals surface area contributed by atoms with Gasteiger partial charge in [0.05, 0.1) is 12.0 Å². The Bertz CT molecular complexity index is 615. The van der Waals surface area contributed by atoms with E-state index in [1.165, 1.54) is 0 Å². The molecule has 0 atom stereocenters. The van der Waals surface area contributed by atoms with E-state index >= 15 is 0 Å². The molecule has 6 nitrogen and oxygen atoms in total. The van der Waals surface area contributed by atoms with E-state index in [0.717, 1.165) is 11.3 Å². The van der Waals surface area contributed by atoms with Crippen LogP contribution >= 0.6 is 0 Å². The van der Waals surface area contributed by atoms with Crippen LogP contribution in [0.25, 0.3) is 10.4 Å². The van der Waals surface area contributed by atoms with E-state index < -0.39 is 5.41 Å². The third-order valence-electron chi connectivity index (χ3n) is 3.47. The minimum atomic E-state index is -0.573. The van der Waals surface area contributed by atoms with Crippen molar-refractivity contribution in [2.75, 3.05) is 18.5 Å². The number of hydrogen-bond acceptors (Lipinski definition) is 3. The summed E-state index contributed by atoms with van der Waals surface area (Å²) in [6.45, 7) is 3.51. The number of ketones is 1. The number of amides is 1. The van der Waals surface area contributed by atoms with Crippen LogP contribution in [0.1, 0.15) is 29.8 Å². The maximum absolute atomic E-state index is 12.1. The molecule has 0 unspecified atom stereocenters. The largest absolute Gasteiger partial charge is 0.314 e. The number of azide groups is 1. The molecule has 1 aliphatic heterocycles. The van der Waals surface area contributed by atoms with Gasteiger partial charge in [-0.15, -0.1) is 0 Å². The van der Waals surface area contributed by atoms with Crippen LogP contribution in [0, 0.1) is 0 Å². The van der Waals surface area contributed by atoms with Crippen LogP contribution in [0.3, 0.4) is 0 Å². The van der Waals surface area contributed by atoms with Crippen molar-refractivity contribution in [3.05, 3.63) is 39.8 Å². The van der Waals surface area contributed by atoms with Gasteiger partial charge >= 0.3 is 0 Å². The number of benzene rings is 1. The number of anilines is 1. The van der Waals surface area contributed by atoms with Crippen molar-refractivity contribution >= 4 is 17.4 Å². The quantitative estimate of drug-likeness (QED) is 0.361. The van der Waals surface area contributed by atoms with Crippen molar-refractivity contribution in [2.45, 2.75) is 19.3 Å². The molecule has 0 spiro atoms. The highest BCUT2D eigenvalue weighted by atomic mass is 16.2. The topological polar surface area (TPSA) is 86.1 Å². The molecule has 1 aromatic rings. The molecule has 0 N–H and O–H groups in total. The second-order valence-corrected chi connectivity index (χ2v) is 5.03. The van der Waals surface area contributed by atoms with Crippen molar-refractivity contribution in [2.24, 2.45) is 5.11 Å².